The quantitative estimate of drug-likeness (QED) is 0.921. The lowest BCUT2D eigenvalue weighted by molar-refractivity contribution is -0.131. The smallest absolute Gasteiger partial charge is 0.239 e. The molecule has 0 spiro atoms. The number of amides is 1. The second-order valence-electron chi connectivity index (χ2n) is 4.87. The molecular formula is C14H18BrFN2O. The van der Waals surface area contributed by atoms with Crippen LogP contribution in [-0.4, -0.2) is 29.9 Å². The van der Waals surface area contributed by atoms with E-state index in [9.17, 15) is 9.18 Å². The molecule has 1 aliphatic heterocycles. The van der Waals surface area contributed by atoms with Crippen LogP contribution in [0.2, 0.25) is 0 Å². The van der Waals surface area contributed by atoms with Gasteiger partial charge in [0.15, 0.2) is 0 Å². The Bertz CT molecular complexity index is 461. The van der Waals surface area contributed by atoms with Crippen molar-refractivity contribution in [1.29, 1.82) is 0 Å². The maximum absolute atomic E-state index is 13.0. The Balaban J connectivity index is 1.88. The lowest BCUT2D eigenvalue weighted by atomic mass is 10.2. The first-order valence-corrected chi connectivity index (χ1v) is 7.33. The van der Waals surface area contributed by atoms with Gasteiger partial charge in [0.1, 0.15) is 5.82 Å². The summed E-state index contributed by atoms with van der Waals surface area (Å²) in [7, 11) is 0. The average Bonchev–Trinajstić information content (AvgIpc) is 2.90. The number of hydrogen-bond donors (Lipinski definition) is 1. The molecule has 1 unspecified atom stereocenters. The molecule has 1 aromatic carbocycles. The molecule has 1 amide bonds. The zero-order chi connectivity index (χ0) is 13.8. The second kappa shape index (κ2) is 6.48. The fourth-order valence-corrected chi connectivity index (χ4v) is 2.72. The minimum Gasteiger partial charge on any atom is -0.341 e. The van der Waals surface area contributed by atoms with Gasteiger partial charge in [-0.25, -0.2) is 4.39 Å². The summed E-state index contributed by atoms with van der Waals surface area (Å²) in [6.45, 7) is 4.15. The first-order chi connectivity index (χ1) is 9.08. The predicted octanol–water partition coefficient (Wildman–Crippen LogP) is 2.69. The van der Waals surface area contributed by atoms with Crippen molar-refractivity contribution in [2.45, 2.75) is 32.4 Å². The van der Waals surface area contributed by atoms with Gasteiger partial charge in [-0.1, -0.05) is 22.0 Å². The molecule has 5 heteroatoms. The number of likely N-dealkylation sites (tertiary alicyclic amines) is 1. The van der Waals surface area contributed by atoms with Gasteiger partial charge in [-0.2, -0.15) is 0 Å². The molecule has 0 bridgehead atoms. The van der Waals surface area contributed by atoms with Gasteiger partial charge in [0.05, 0.1) is 6.04 Å². The molecule has 0 aromatic heterocycles. The molecule has 1 aliphatic rings. The van der Waals surface area contributed by atoms with E-state index in [0.717, 1.165) is 36.0 Å². The minimum atomic E-state index is -0.267. The molecule has 1 atom stereocenters. The lowest BCUT2D eigenvalue weighted by Crippen LogP contribution is -2.43. The molecule has 0 saturated carbocycles. The highest BCUT2D eigenvalue weighted by atomic mass is 79.9. The zero-order valence-corrected chi connectivity index (χ0v) is 12.5. The van der Waals surface area contributed by atoms with E-state index in [1.807, 2.05) is 11.8 Å². The molecule has 3 nitrogen and oxygen atoms in total. The number of nitrogens with zero attached hydrogens (tertiary/aromatic N) is 1. The Morgan fingerprint density at radius 3 is 2.79 bits per heavy atom. The third kappa shape index (κ3) is 3.76. The number of carbonyl (C=O) groups excluding carboxylic acids is 1. The first-order valence-electron chi connectivity index (χ1n) is 6.54. The first kappa shape index (κ1) is 14.5. The molecular weight excluding hydrogens is 311 g/mol. The van der Waals surface area contributed by atoms with Gasteiger partial charge >= 0.3 is 0 Å². The number of nitrogens with one attached hydrogen (secondary N) is 1. The summed E-state index contributed by atoms with van der Waals surface area (Å²) in [5, 5.41) is 3.19. The van der Waals surface area contributed by atoms with E-state index in [1.54, 1.807) is 6.07 Å². The highest BCUT2D eigenvalue weighted by Gasteiger charge is 2.22. The molecule has 1 aromatic rings. The van der Waals surface area contributed by atoms with E-state index in [4.69, 9.17) is 0 Å². The molecule has 1 N–H and O–H groups in total. The molecule has 19 heavy (non-hydrogen) atoms. The number of benzene rings is 1. The van der Waals surface area contributed by atoms with Crippen molar-refractivity contribution in [3.63, 3.8) is 0 Å². The fraction of sp³-hybridized carbons (Fsp3) is 0.500. The number of carbonyl (C=O) groups is 1. The van der Waals surface area contributed by atoms with Crippen molar-refractivity contribution in [1.82, 2.24) is 10.2 Å². The van der Waals surface area contributed by atoms with Crippen molar-refractivity contribution in [3.05, 3.63) is 34.1 Å². The van der Waals surface area contributed by atoms with E-state index in [0.29, 0.717) is 6.54 Å². The van der Waals surface area contributed by atoms with E-state index in [2.05, 4.69) is 21.2 Å². The highest BCUT2D eigenvalue weighted by molar-refractivity contribution is 9.10. The van der Waals surface area contributed by atoms with Crippen LogP contribution in [0.3, 0.4) is 0 Å². The van der Waals surface area contributed by atoms with Crippen LogP contribution in [0.4, 0.5) is 4.39 Å². The van der Waals surface area contributed by atoms with Crippen LogP contribution in [-0.2, 0) is 11.3 Å². The van der Waals surface area contributed by atoms with Gasteiger partial charge in [0.25, 0.3) is 0 Å². The Morgan fingerprint density at radius 2 is 2.16 bits per heavy atom. The third-order valence-electron chi connectivity index (χ3n) is 3.40. The lowest BCUT2D eigenvalue weighted by Gasteiger charge is -2.21. The molecule has 2 rings (SSSR count). The summed E-state index contributed by atoms with van der Waals surface area (Å²) >= 11 is 3.33. The zero-order valence-electron chi connectivity index (χ0n) is 11.0. The maximum atomic E-state index is 13.0. The van der Waals surface area contributed by atoms with Crippen molar-refractivity contribution in [2.75, 3.05) is 13.1 Å². The van der Waals surface area contributed by atoms with Gasteiger partial charge in [-0.3, -0.25) is 4.79 Å². The van der Waals surface area contributed by atoms with Gasteiger partial charge < -0.3 is 10.2 Å². The molecule has 0 aliphatic carbocycles. The normalized spacial score (nSPS) is 16.7. The van der Waals surface area contributed by atoms with Crippen LogP contribution in [0.15, 0.2) is 22.7 Å². The Morgan fingerprint density at radius 1 is 1.47 bits per heavy atom. The van der Waals surface area contributed by atoms with E-state index < -0.39 is 0 Å². The van der Waals surface area contributed by atoms with Crippen LogP contribution in [0.25, 0.3) is 0 Å². The van der Waals surface area contributed by atoms with Crippen molar-refractivity contribution >= 4 is 21.8 Å². The Hall–Kier alpha value is -0.940. The standard InChI is InChI=1S/C14H18BrFN2O/c1-10(14(19)18-6-2-3-7-18)17-9-11-4-5-12(16)8-13(11)15/h4-5,8,10,17H,2-3,6-7,9H2,1H3. The van der Waals surface area contributed by atoms with Crippen molar-refractivity contribution in [3.8, 4) is 0 Å². The largest absolute Gasteiger partial charge is 0.341 e. The molecule has 104 valence electrons. The van der Waals surface area contributed by atoms with E-state index in [-0.39, 0.29) is 17.8 Å². The summed E-state index contributed by atoms with van der Waals surface area (Å²) in [5.74, 6) is -0.118. The van der Waals surface area contributed by atoms with Crippen LogP contribution in [0.5, 0.6) is 0 Å². The van der Waals surface area contributed by atoms with E-state index >= 15 is 0 Å². The maximum Gasteiger partial charge on any atom is 0.239 e. The number of hydrogen-bond acceptors (Lipinski definition) is 2. The molecule has 0 radical (unpaired) electrons. The Kier molecular flexibility index (Phi) is 4.93. The van der Waals surface area contributed by atoms with Crippen LogP contribution >= 0.6 is 15.9 Å². The van der Waals surface area contributed by atoms with Crippen molar-refractivity contribution in [2.24, 2.45) is 0 Å². The highest BCUT2D eigenvalue weighted by Crippen LogP contribution is 2.18. The molecule has 1 heterocycles. The van der Waals surface area contributed by atoms with Crippen molar-refractivity contribution < 1.29 is 9.18 Å². The summed E-state index contributed by atoms with van der Waals surface area (Å²) in [6, 6.07) is 4.37. The summed E-state index contributed by atoms with van der Waals surface area (Å²) in [4.78, 5) is 14.0. The predicted molar refractivity (Wildman–Crippen MR) is 76.2 cm³/mol. The third-order valence-corrected chi connectivity index (χ3v) is 4.14. The second-order valence-corrected chi connectivity index (χ2v) is 5.73. The van der Waals surface area contributed by atoms with Crippen LogP contribution in [0.1, 0.15) is 25.3 Å². The Labute approximate surface area is 121 Å². The summed E-state index contributed by atoms with van der Waals surface area (Å²) < 4.78 is 13.7. The average molecular weight is 329 g/mol. The SMILES string of the molecule is CC(NCc1ccc(F)cc1Br)C(=O)N1CCCC1. The summed E-state index contributed by atoms with van der Waals surface area (Å²) in [5.41, 5.74) is 0.947. The van der Waals surface area contributed by atoms with Gasteiger partial charge in [0, 0.05) is 24.1 Å². The fourth-order valence-electron chi connectivity index (χ4n) is 2.23. The van der Waals surface area contributed by atoms with Gasteiger partial charge in [0.2, 0.25) is 5.91 Å². The molecule has 1 saturated heterocycles. The number of rotatable bonds is 4. The van der Waals surface area contributed by atoms with Gasteiger partial charge in [-0.05, 0) is 37.5 Å². The minimum absolute atomic E-state index is 0.149. The molecule has 1 fully saturated rings. The van der Waals surface area contributed by atoms with E-state index in [1.165, 1.54) is 12.1 Å². The van der Waals surface area contributed by atoms with Crippen LogP contribution < -0.4 is 5.32 Å². The summed E-state index contributed by atoms with van der Waals surface area (Å²) in [6.07, 6.45) is 2.20. The topological polar surface area (TPSA) is 32.3 Å². The van der Waals surface area contributed by atoms with Crippen LogP contribution in [0, 0.1) is 5.82 Å². The van der Waals surface area contributed by atoms with Gasteiger partial charge in [-0.15, -0.1) is 0 Å². The number of halogens is 2. The monoisotopic (exact) mass is 328 g/mol.